The smallest absolute Gasteiger partial charge is 0.245 e. The van der Waals surface area contributed by atoms with Gasteiger partial charge in [0.25, 0.3) is 0 Å². The van der Waals surface area contributed by atoms with Crippen LogP contribution in [0.3, 0.4) is 0 Å². The summed E-state index contributed by atoms with van der Waals surface area (Å²) in [5.74, 6) is -0.534. The van der Waals surface area contributed by atoms with E-state index >= 15 is 0 Å². The van der Waals surface area contributed by atoms with Gasteiger partial charge in [0.05, 0.1) is 5.69 Å². The Morgan fingerprint density at radius 1 is 1.30 bits per heavy atom. The largest absolute Gasteiger partial charge is 0.398 e. The molecule has 20 heavy (non-hydrogen) atoms. The standard InChI is InChI=1S/C13H20FN3O2S/c1-16(2)11-5-7-17(8-6-11)20(18,19)13-4-3-10(14)9-12(13)15/h3-4,9,11H,5-8,15H2,1-2H3. The molecule has 2 rings (SSSR count). The molecule has 0 unspecified atom stereocenters. The molecule has 0 amide bonds. The van der Waals surface area contributed by atoms with Gasteiger partial charge < -0.3 is 10.6 Å². The van der Waals surface area contributed by atoms with E-state index in [2.05, 4.69) is 4.90 Å². The number of hydrogen-bond acceptors (Lipinski definition) is 4. The van der Waals surface area contributed by atoms with Gasteiger partial charge in [-0.15, -0.1) is 0 Å². The predicted molar refractivity (Wildman–Crippen MR) is 76.3 cm³/mol. The molecule has 0 saturated carbocycles. The molecule has 0 atom stereocenters. The first-order valence-electron chi connectivity index (χ1n) is 6.54. The molecule has 7 heteroatoms. The highest BCUT2D eigenvalue weighted by atomic mass is 32.2. The lowest BCUT2D eigenvalue weighted by Crippen LogP contribution is -2.44. The fourth-order valence-corrected chi connectivity index (χ4v) is 4.06. The Labute approximate surface area is 119 Å². The second-order valence-electron chi connectivity index (χ2n) is 5.28. The molecule has 0 radical (unpaired) electrons. The van der Waals surface area contributed by atoms with Crippen molar-refractivity contribution in [3.8, 4) is 0 Å². The lowest BCUT2D eigenvalue weighted by Gasteiger charge is -2.34. The highest BCUT2D eigenvalue weighted by Crippen LogP contribution is 2.26. The number of rotatable bonds is 3. The van der Waals surface area contributed by atoms with Crippen LogP contribution in [0.25, 0.3) is 0 Å². The van der Waals surface area contributed by atoms with Gasteiger partial charge in [0.2, 0.25) is 10.0 Å². The Hall–Kier alpha value is -1.18. The van der Waals surface area contributed by atoms with Gasteiger partial charge in [0, 0.05) is 19.1 Å². The van der Waals surface area contributed by atoms with Crippen LogP contribution in [0, 0.1) is 5.82 Å². The fourth-order valence-electron chi connectivity index (χ4n) is 2.49. The Morgan fingerprint density at radius 3 is 2.40 bits per heavy atom. The van der Waals surface area contributed by atoms with Crippen molar-refractivity contribution in [2.75, 3.05) is 32.9 Å². The molecule has 1 saturated heterocycles. The number of halogens is 1. The van der Waals surface area contributed by atoms with Crippen molar-refractivity contribution in [2.24, 2.45) is 0 Å². The van der Waals surface area contributed by atoms with Crippen molar-refractivity contribution in [3.05, 3.63) is 24.0 Å². The number of benzene rings is 1. The molecular weight excluding hydrogens is 281 g/mol. The van der Waals surface area contributed by atoms with Crippen LogP contribution < -0.4 is 5.73 Å². The molecule has 0 spiro atoms. The van der Waals surface area contributed by atoms with Crippen molar-refractivity contribution in [1.82, 2.24) is 9.21 Å². The summed E-state index contributed by atoms with van der Waals surface area (Å²) in [6, 6.07) is 3.79. The van der Waals surface area contributed by atoms with E-state index in [-0.39, 0.29) is 10.6 Å². The minimum atomic E-state index is -3.64. The first kappa shape index (κ1) is 15.2. The second kappa shape index (κ2) is 5.67. The first-order chi connectivity index (χ1) is 9.32. The van der Waals surface area contributed by atoms with Crippen molar-refractivity contribution >= 4 is 15.7 Å². The van der Waals surface area contributed by atoms with E-state index in [1.54, 1.807) is 0 Å². The minimum Gasteiger partial charge on any atom is -0.398 e. The maximum Gasteiger partial charge on any atom is 0.245 e. The monoisotopic (exact) mass is 301 g/mol. The Bertz CT molecular complexity index is 581. The van der Waals surface area contributed by atoms with Crippen LogP contribution in [0.15, 0.2) is 23.1 Å². The topological polar surface area (TPSA) is 66.6 Å². The van der Waals surface area contributed by atoms with Crippen LogP contribution in [0.2, 0.25) is 0 Å². The van der Waals surface area contributed by atoms with Crippen molar-refractivity contribution in [3.63, 3.8) is 0 Å². The van der Waals surface area contributed by atoms with Crippen molar-refractivity contribution in [2.45, 2.75) is 23.8 Å². The van der Waals surface area contributed by atoms with Crippen LogP contribution in [-0.2, 0) is 10.0 Å². The maximum atomic E-state index is 13.0. The summed E-state index contributed by atoms with van der Waals surface area (Å²) in [6.07, 6.45) is 1.57. The van der Waals surface area contributed by atoms with Gasteiger partial charge in [-0.1, -0.05) is 0 Å². The normalized spacial score (nSPS) is 18.6. The zero-order valence-electron chi connectivity index (χ0n) is 11.7. The van der Waals surface area contributed by atoms with E-state index in [4.69, 9.17) is 5.73 Å². The molecule has 5 nitrogen and oxygen atoms in total. The molecule has 1 fully saturated rings. The average molecular weight is 301 g/mol. The zero-order chi connectivity index (χ0) is 14.9. The van der Waals surface area contributed by atoms with Crippen molar-refractivity contribution < 1.29 is 12.8 Å². The van der Waals surface area contributed by atoms with E-state index in [9.17, 15) is 12.8 Å². The Morgan fingerprint density at radius 2 is 1.90 bits per heavy atom. The lowest BCUT2D eigenvalue weighted by atomic mass is 10.1. The molecule has 1 aliphatic rings. The summed E-state index contributed by atoms with van der Waals surface area (Å²) in [4.78, 5) is 2.10. The van der Waals surface area contributed by atoms with Crippen LogP contribution >= 0.6 is 0 Å². The fraction of sp³-hybridized carbons (Fsp3) is 0.538. The van der Waals surface area contributed by atoms with Gasteiger partial charge in [0.15, 0.2) is 0 Å². The number of anilines is 1. The molecular formula is C13H20FN3O2S. The van der Waals surface area contributed by atoms with Crippen LogP contribution in [0.5, 0.6) is 0 Å². The number of nitrogen functional groups attached to an aromatic ring is 1. The van der Waals surface area contributed by atoms with Gasteiger partial charge in [-0.3, -0.25) is 0 Å². The predicted octanol–water partition coefficient (Wildman–Crippen LogP) is 1.12. The molecule has 0 aliphatic carbocycles. The Kier molecular flexibility index (Phi) is 4.31. The third kappa shape index (κ3) is 2.94. The molecule has 0 aromatic heterocycles. The third-order valence-electron chi connectivity index (χ3n) is 3.74. The molecule has 1 aromatic rings. The van der Waals surface area contributed by atoms with E-state index in [0.29, 0.717) is 19.1 Å². The van der Waals surface area contributed by atoms with E-state index in [1.165, 1.54) is 10.4 Å². The Balaban J connectivity index is 2.20. The van der Waals surface area contributed by atoms with E-state index < -0.39 is 15.8 Å². The van der Waals surface area contributed by atoms with Crippen molar-refractivity contribution in [1.29, 1.82) is 0 Å². The van der Waals surface area contributed by atoms with Crippen LogP contribution in [0.1, 0.15) is 12.8 Å². The molecule has 112 valence electrons. The minimum absolute atomic E-state index is 0.0118. The number of nitrogens with zero attached hydrogens (tertiary/aromatic N) is 2. The number of sulfonamides is 1. The van der Waals surface area contributed by atoms with E-state index in [0.717, 1.165) is 25.0 Å². The lowest BCUT2D eigenvalue weighted by molar-refractivity contribution is 0.196. The summed E-state index contributed by atoms with van der Waals surface area (Å²) in [5.41, 5.74) is 5.59. The van der Waals surface area contributed by atoms with Gasteiger partial charge >= 0.3 is 0 Å². The highest BCUT2D eigenvalue weighted by Gasteiger charge is 2.31. The van der Waals surface area contributed by atoms with Gasteiger partial charge in [-0.25, -0.2) is 12.8 Å². The van der Waals surface area contributed by atoms with Gasteiger partial charge in [0.1, 0.15) is 10.7 Å². The molecule has 1 heterocycles. The summed E-state index contributed by atoms with van der Waals surface area (Å²) in [6.45, 7) is 0.921. The number of piperidine rings is 1. The summed E-state index contributed by atoms with van der Waals surface area (Å²) >= 11 is 0. The third-order valence-corrected chi connectivity index (χ3v) is 5.72. The van der Waals surface area contributed by atoms with Gasteiger partial charge in [-0.2, -0.15) is 4.31 Å². The highest BCUT2D eigenvalue weighted by molar-refractivity contribution is 7.89. The maximum absolute atomic E-state index is 13.0. The number of nitrogens with two attached hydrogens (primary N) is 1. The van der Waals surface area contributed by atoms with Crippen LogP contribution in [-0.4, -0.2) is 50.8 Å². The first-order valence-corrected chi connectivity index (χ1v) is 7.98. The summed E-state index contributed by atoms with van der Waals surface area (Å²) in [5, 5.41) is 0. The molecule has 1 aromatic carbocycles. The summed E-state index contributed by atoms with van der Waals surface area (Å²) in [7, 11) is 0.350. The van der Waals surface area contributed by atoms with E-state index in [1.807, 2.05) is 14.1 Å². The molecule has 1 aliphatic heterocycles. The zero-order valence-corrected chi connectivity index (χ0v) is 12.5. The average Bonchev–Trinajstić information content (AvgIpc) is 2.38. The van der Waals surface area contributed by atoms with Crippen LogP contribution in [0.4, 0.5) is 10.1 Å². The quantitative estimate of drug-likeness (QED) is 0.850. The second-order valence-corrected chi connectivity index (χ2v) is 7.19. The number of hydrogen-bond donors (Lipinski definition) is 1. The summed E-state index contributed by atoms with van der Waals surface area (Å²) < 4.78 is 39.5. The molecule has 0 bridgehead atoms. The SMILES string of the molecule is CN(C)C1CCN(S(=O)(=O)c2ccc(F)cc2N)CC1. The molecule has 2 N–H and O–H groups in total. The van der Waals surface area contributed by atoms with Gasteiger partial charge in [-0.05, 0) is 45.1 Å².